The van der Waals surface area contributed by atoms with Crippen LogP contribution in [-0.4, -0.2) is 19.1 Å². The minimum absolute atomic E-state index is 0.882. The Labute approximate surface area is 298 Å². The molecule has 1 aliphatic rings. The van der Waals surface area contributed by atoms with Crippen LogP contribution in [0.1, 0.15) is 0 Å². The van der Waals surface area contributed by atoms with Gasteiger partial charge in [-0.05, 0) is 59.7 Å². The highest BCUT2D eigenvalue weighted by Gasteiger charge is 2.28. The molecule has 51 heavy (non-hydrogen) atoms. The van der Waals surface area contributed by atoms with Gasteiger partial charge in [-0.2, -0.15) is 0 Å². The van der Waals surface area contributed by atoms with Gasteiger partial charge in [0.05, 0.1) is 39.1 Å². The first-order valence-electron chi connectivity index (χ1n) is 17.2. The van der Waals surface area contributed by atoms with Gasteiger partial charge in [-0.3, -0.25) is 9.13 Å². The summed E-state index contributed by atoms with van der Waals surface area (Å²) in [6, 6.07) is 60.4. The van der Waals surface area contributed by atoms with Gasteiger partial charge >= 0.3 is 0 Å². The molecule has 4 heterocycles. The Morgan fingerprint density at radius 2 is 1.04 bits per heavy atom. The minimum atomic E-state index is 0.882. The maximum Gasteiger partial charge on any atom is 0.131 e. The summed E-state index contributed by atoms with van der Waals surface area (Å²) >= 11 is 1.86. The molecule has 0 saturated carbocycles. The van der Waals surface area contributed by atoms with E-state index in [1.54, 1.807) is 0 Å². The summed E-state index contributed by atoms with van der Waals surface area (Å²) in [5.41, 5.74) is 14.0. The van der Waals surface area contributed by atoms with Crippen molar-refractivity contribution in [3.63, 3.8) is 0 Å². The average Bonchev–Trinajstić information content (AvgIpc) is 3.72. The number of para-hydroxylation sites is 5. The van der Waals surface area contributed by atoms with Gasteiger partial charge < -0.3 is 0 Å². The van der Waals surface area contributed by atoms with Crippen LogP contribution in [0.2, 0.25) is 0 Å². The lowest BCUT2D eigenvalue weighted by atomic mass is 9.96. The van der Waals surface area contributed by atoms with Crippen molar-refractivity contribution in [3.8, 4) is 45.0 Å². The maximum absolute atomic E-state index is 5.16. The zero-order valence-electron chi connectivity index (χ0n) is 27.4. The molecule has 0 aliphatic carbocycles. The van der Waals surface area contributed by atoms with Gasteiger partial charge in [0.2, 0.25) is 0 Å². The van der Waals surface area contributed by atoms with Crippen LogP contribution in [0, 0.1) is 0 Å². The molecule has 0 amide bonds. The summed E-state index contributed by atoms with van der Waals surface area (Å²) in [4.78, 5) is 12.8. The van der Waals surface area contributed by atoms with E-state index in [1.807, 2.05) is 42.1 Å². The van der Waals surface area contributed by atoms with E-state index in [4.69, 9.17) is 9.97 Å². The number of nitrogens with zero attached hydrogens (tertiary/aromatic N) is 4. The Kier molecular flexibility index (Phi) is 6.15. The topological polar surface area (TPSA) is 35.6 Å². The summed E-state index contributed by atoms with van der Waals surface area (Å²) in [6.45, 7) is 0. The van der Waals surface area contributed by atoms with Gasteiger partial charge in [0, 0.05) is 42.8 Å². The standard InChI is InChI=1S/C46H28N4S/c1-3-13-30(14-4-1)43-44(48-36-20-8-7-19-35(36)47-43)31-27-25-29(26-28-31)33-17-11-22-38-41(33)42-34-18-12-24-40-45(34)50(37-21-9-10-23-39(37)51-40)46(42)49(38)32-15-5-2-6-16-32/h1-28H. The van der Waals surface area contributed by atoms with Gasteiger partial charge in [-0.15, -0.1) is 0 Å². The average molecular weight is 669 g/mol. The van der Waals surface area contributed by atoms with Crippen LogP contribution in [0.4, 0.5) is 0 Å². The molecule has 0 N–H and O–H groups in total. The molecule has 0 radical (unpaired) electrons. The Balaban J connectivity index is 1.18. The van der Waals surface area contributed by atoms with Gasteiger partial charge in [0.15, 0.2) is 0 Å². The molecule has 238 valence electrons. The molecule has 1 aliphatic heterocycles. The largest absolute Gasteiger partial charge is 0.295 e. The number of rotatable bonds is 4. The van der Waals surface area contributed by atoms with Crippen molar-refractivity contribution in [1.29, 1.82) is 0 Å². The van der Waals surface area contributed by atoms with Crippen LogP contribution in [0.5, 0.6) is 0 Å². The Morgan fingerprint density at radius 1 is 0.431 bits per heavy atom. The second-order valence-corrected chi connectivity index (χ2v) is 14.1. The van der Waals surface area contributed by atoms with Crippen LogP contribution in [-0.2, 0) is 0 Å². The second-order valence-electron chi connectivity index (χ2n) is 13.0. The van der Waals surface area contributed by atoms with E-state index < -0.39 is 0 Å². The third-order valence-electron chi connectivity index (χ3n) is 10.1. The molecule has 0 saturated heterocycles. The molecule has 0 spiro atoms. The van der Waals surface area contributed by atoms with E-state index in [0.29, 0.717) is 0 Å². The Bertz CT molecular complexity index is 2980. The molecule has 0 bridgehead atoms. The number of benzene rings is 7. The van der Waals surface area contributed by atoms with Gasteiger partial charge in [0.25, 0.3) is 0 Å². The lowest BCUT2D eigenvalue weighted by Crippen LogP contribution is -2.05. The second kappa shape index (κ2) is 11.0. The van der Waals surface area contributed by atoms with E-state index >= 15 is 0 Å². The summed E-state index contributed by atoms with van der Waals surface area (Å²) in [6.07, 6.45) is 0. The lowest BCUT2D eigenvalue weighted by Gasteiger charge is -2.21. The summed E-state index contributed by atoms with van der Waals surface area (Å²) in [7, 11) is 0. The monoisotopic (exact) mass is 668 g/mol. The van der Waals surface area contributed by atoms with E-state index in [9.17, 15) is 0 Å². The smallest absolute Gasteiger partial charge is 0.131 e. The molecule has 5 heteroatoms. The molecule has 4 nitrogen and oxygen atoms in total. The number of hydrogen-bond donors (Lipinski definition) is 0. The first kappa shape index (κ1) is 28.4. The van der Waals surface area contributed by atoms with Crippen LogP contribution in [0.3, 0.4) is 0 Å². The quantitative estimate of drug-likeness (QED) is 0.187. The summed E-state index contributed by atoms with van der Waals surface area (Å²) in [5.74, 6) is 0. The van der Waals surface area contributed by atoms with Crippen molar-refractivity contribution in [2.24, 2.45) is 0 Å². The highest BCUT2D eigenvalue weighted by molar-refractivity contribution is 7.99. The van der Waals surface area contributed by atoms with Gasteiger partial charge in [-0.25, -0.2) is 9.97 Å². The van der Waals surface area contributed by atoms with Crippen molar-refractivity contribution in [1.82, 2.24) is 19.1 Å². The van der Waals surface area contributed by atoms with E-state index in [2.05, 4.69) is 149 Å². The zero-order valence-corrected chi connectivity index (χ0v) is 28.2. The fourth-order valence-corrected chi connectivity index (χ4v) is 9.00. The predicted octanol–water partition coefficient (Wildman–Crippen LogP) is 12.1. The molecule has 0 unspecified atom stereocenters. The van der Waals surface area contributed by atoms with Crippen LogP contribution >= 0.6 is 11.8 Å². The number of fused-ring (bicyclic) bond motifs is 8. The van der Waals surface area contributed by atoms with E-state index in [0.717, 1.165) is 44.8 Å². The third-order valence-corrected chi connectivity index (χ3v) is 11.2. The molecule has 7 aromatic carbocycles. The van der Waals surface area contributed by atoms with Crippen molar-refractivity contribution >= 4 is 55.6 Å². The number of hydrogen-bond acceptors (Lipinski definition) is 3. The summed E-state index contributed by atoms with van der Waals surface area (Å²) < 4.78 is 4.95. The van der Waals surface area contributed by atoms with Gasteiger partial charge in [-0.1, -0.05) is 133 Å². The van der Waals surface area contributed by atoms with Gasteiger partial charge in [0.1, 0.15) is 5.65 Å². The van der Waals surface area contributed by atoms with Crippen molar-refractivity contribution < 1.29 is 0 Å². The summed E-state index contributed by atoms with van der Waals surface area (Å²) in [5, 5.41) is 3.80. The van der Waals surface area contributed by atoms with E-state index in [-0.39, 0.29) is 0 Å². The highest BCUT2D eigenvalue weighted by atomic mass is 32.2. The molecule has 0 atom stereocenters. The van der Waals surface area contributed by atoms with Crippen LogP contribution in [0.15, 0.2) is 180 Å². The first-order chi connectivity index (χ1) is 25.3. The molecular weight excluding hydrogens is 641 g/mol. The lowest BCUT2D eigenvalue weighted by molar-refractivity contribution is 1.03. The Hall–Kier alpha value is -6.43. The molecule has 10 aromatic rings. The molecule has 0 fully saturated rings. The SMILES string of the molecule is c1ccc(-c2nc3ccccc3nc2-c2ccc(-c3cccc4c3c3c5cccc6c5n(c3n4-c3ccccc3)-c3ccccc3S6)cc2)cc1. The fraction of sp³-hybridized carbons (Fsp3) is 0. The third kappa shape index (κ3) is 4.22. The predicted molar refractivity (Wildman–Crippen MR) is 211 cm³/mol. The van der Waals surface area contributed by atoms with Crippen molar-refractivity contribution in [2.75, 3.05) is 0 Å². The van der Waals surface area contributed by atoms with Crippen molar-refractivity contribution in [3.05, 3.63) is 170 Å². The molecule has 11 rings (SSSR count). The van der Waals surface area contributed by atoms with Crippen LogP contribution in [0.25, 0.3) is 88.9 Å². The first-order valence-corrected chi connectivity index (χ1v) is 18.0. The van der Waals surface area contributed by atoms with E-state index in [1.165, 1.54) is 53.9 Å². The number of aromatic nitrogens is 4. The fourth-order valence-electron chi connectivity index (χ4n) is 7.90. The maximum atomic E-state index is 5.16. The normalized spacial score (nSPS) is 12.2. The van der Waals surface area contributed by atoms with Crippen molar-refractivity contribution in [2.45, 2.75) is 9.79 Å². The zero-order chi connectivity index (χ0) is 33.5. The molecular formula is C46H28N4S. The van der Waals surface area contributed by atoms with Crippen LogP contribution < -0.4 is 0 Å². The Morgan fingerprint density at radius 3 is 1.80 bits per heavy atom. The highest BCUT2D eigenvalue weighted by Crippen LogP contribution is 2.50. The molecule has 3 aromatic heterocycles. The minimum Gasteiger partial charge on any atom is -0.295 e.